The molecule has 1 saturated heterocycles. The molecular formula is C25H24N4O3S. The lowest BCUT2D eigenvalue weighted by Gasteiger charge is -2.31. The van der Waals surface area contributed by atoms with Gasteiger partial charge in [0.15, 0.2) is 5.78 Å². The van der Waals surface area contributed by atoms with E-state index >= 15 is 0 Å². The van der Waals surface area contributed by atoms with Crippen LogP contribution in [0.15, 0.2) is 54.6 Å². The van der Waals surface area contributed by atoms with Gasteiger partial charge >= 0.3 is 6.03 Å². The van der Waals surface area contributed by atoms with E-state index in [2.05, 4.69) is 22.6 Å². The van der Waals surface area contributed by atoms with Crippen LogP contribution < -0.4 is 16.4 Å². The molecule has 0 saturated carbocycles. The molecule has 0 radical (unpaired) electrons. The Labute approximate surface area is 195 Å². The summed E-state index contributed by atoms with van der Waals surface area (Å²) in [7, 11) is 2.08. The zero-order chi connectivity index (χ0) is 23.1. The minimum atomic E-state index is -0.523. The number of primary amides is 1. The second-order valence-electron chi connectivity index (χ2n) is 8.48. The maximum Gasteiger partial charge on any atom is 0.324 e. The van der Waals surface area contributed by atoms with Crippen molar-refractivity contribution in [3.05, 3.63) is 81.7 Å². The van der Waals surface area contributed by atoms with Gasteiger partial charge in [-0.15, -0.1) is 11.3 Å². The van der Waals surface area contributed by atoms with Gasteiger partial charge in [-0.05, 0) is 56.1 Å². The van der Waals surface area contributed by atoms with Crippen LogP contribution in [-0.2, 0) is 6.42 Å². The molecule has 5 rings (SSSR count). The molecule has 7 nitrogen and oxygen atoms in total. The Hall–Kier alpha value is -3.49. The minimum absolute atomic E-state index is 0.0823. The van der Waals surface area contributed by atoms with E-state index in [1.807, 2.05) is 18.2 Å². The summed E-state index contributed by atoms with van der Waals surface area (Å²) in [4.78, 5) is 41.0. The third-order valence-electron chi connectivity index (χ3n) is 6.53. The average Bonchev–Trinajstić information content (AvgIpc) is 3.28. The lowest BCUT2D eigenvalue weighted by atomic mass is 9.97. The van der Waals surface area contributed by atoms with Crippen molar-refractivity contribution < 1.29 is 14.4 Å². The molecule has 2 aliphatic rings. The number of anilines is 2. The Morgan fingerprint density at radius 1 is 0.970 bits per heavy atom. The highest BCUT2D eigenvalue weighted by Gasteiger charge is 2.42. The Morgan fingerprint density at radius 3 is 2.36 bits per heavy atom. The molecule has 2 aromatic carbocycles. The first-order chi connectivity index (χ1) is 15.9. The van der Waals surface area contributed by atoms with Crippen LogP contribution in [0.3, 0.4) is 0 Å². The number of carbonyl (C=O) groups is 3. The molecule has 4 N–H and O–H groups in total. The number of benzene rings is 2. The van der Waals surface area contributed by atoms with E-state index < -0.39 is 11.9 Å². The molecule has 8 heteroatoms. The fourth-order valence-electron chi connectivity index (χ4n) is 4.87. The van der Waals surface area contributed by atoms with Crippen molar-refractivity contribution in [1.82, 2.24) is 4.90 Å². The smallest absolute Gasteiger partial charge is 0.324 e. The van der Waals surface area contributed by atoms with Crippen LogP contribution in [0.5, 0.6) is 0 Å². The zero-order valence-electron chi connectivity index (χ0n) is 18.1. The highest BCUT2D eigenvalue weighted by Crippen LogP contribution is 2.49. The molecule has 0 spiro atoms. The number of nitrogens with one attached hydrogen (secondary N) is 2. The summed E-state index contributed by atoms with van der Waals surface area (Å²) in [5, 5.41) is 6.07. The van der Waals surface area contributed by atoms with Crippen LogP contribution in [0.25, 0.3) is 0 Å². The van der Waals surface area contributed by atoms with Crippen LogP contribution in [0.4, 0.5) is 15.5 Å². The molecule has 2 unspecified atom stereocenters. The first-order valence-corrected chi connectivity index (χ1v) is 11.7. The Kier molecular flexibility index (Phi) is 5.47. The summed E-state index contributed by atoms with van der Waals surface area (Å²) >= 11 is 1.44. The van der Waals surface area contributed by atoms with Gasteiger partial charge in [-0.3, -0.25) is 19.8 Å². The summed E-state index contributed by atoms with van der Waals surface area (Å²) < 4.78 is 0. The summed E-state index contributed by atoms with van der Waals surface area (Å²) in [5.41, 5.74) is 8.81. The van der Waals surface area contributed by atoms with E-state index in [1.165, 1.54) is 11.3 Å². The van der Waals surface area contributed by atoms with E-state index in [9.17, 15) is 14.4 Å². The molecular weight excluding hydrogens is 436 g/mol. The Balaban J connectivity index is 1.31. The summed E-state index contributed by atoms with van der Waals surface area (Å²) in [6, 6.07) is 15.9. The van der Waals surface area contributed by atoms with E-state index in [0.29, 0.717) is 33.4 Å². The van der Waals surface area contributed by atoms with Crippen LogP contribution in [0, 0.1) is 0 Å². The fraction of sp³-hybridized carbons (Fsp3) is 0.240. The van der Waals surface area contributed by atoms with Crippen molar-refractivity contribution in [2.75, 3.05) is 17.7 Å². The van der Waals surface area contributed by atoms with E-state index in [-0.39, 0.29) is 11.8 Å². The van der Waals surface area contributed by atoms with E-state index in [1.54, 1.807) is 36.4 Å². The number of rotatable bonds is 5. The first-order valence-electron chi connectivity index (χ1n) is 10.9. The second kappa shape index (κ2) is 8.46. The van der Waals surface area contributed by atoms with Crippen LogP contribution in [0.2, 0.25) is 0 Å². The van der Waals surface area contributed by atoms with E-state index in [4.69, 9.17) is 5.73 Å². The minimum Gasteiger partial charge on any atom is -0.365 e. The SMILES string of the molecule is CN1C2CCC1c1c(sc(NC(=O)Nc3ccc(C(=O)c4ccccc4)cc3)c1C(N)=O)C2. The summed E-state index contributed by atoms with van der Waals surface area (Å²) in [6.07, 6.45) is 2.96. The zero-order valence-corrected chi connectivity index (χ0v) is 18.9. The molecule has 3 amide bonds. The molecule has 2 aliphatic heterocycles. The van der Waals surface area contributed by atoms with Crippen molar-refractivity contribution in [2.45, 2.75) is 31.3 Å². The van der Waals surface area contributed by atoms with Crippen LogP contribution in [0.1, 0.15) is 55.6 Å². The molecule has 2 atom stereocenters. The number of likely N-dealkylation sites (N-methyl/N-ethyl adjacent to an activating group) is 1. The standard InChI is InChI=1S/C25H24N4O3S/c1-29-17-11-12-18(29)20-19(13-17)33-24(21(20)23(26)31)28-25(32)27-16-9-7-15(8-10-16)22(30)14-5-3-2-4-6-14/h2-10,17-18H,11-13H2,1H3,(H2,26,31)(H2,27,28,32). The first kappa shape index (κ1) is 21.4. The number of nitrogens with zero attached hydrogens (tertiary/aromatic N) is 1. The highest BCUT2D eigenvalue weighted by atomic mass is 32.1. The maximum absolute atomic E-state index is 12.7. The van der Waals surface area contributed by atoms with Gasteiger partial charge in [-0.1, -0.05) is 30.3 Å². The Bertz CT molecular complexity index is 1240. The number of ketones is 1. The van der Waals surface area contributed by atoms with Gasteiger partial charge in [-0.2, -0.15) is 0 Å². The van der Waals surface area contributed by atoms with Gasteiger partial charge in [0.25, 0.3) is 5.91 Å². The lowest BCUT2D eigenvalue weighted by molar-refractivity contribution is 0.0996. The highest BCUT2D eigenvalue weighted by molar-refractivity contribution is 7.17. The largest absolute Gasteiger partial charge is 0.365 e. The monoisotopic (exact) mass is 460 g/mol. The van der Waals surface area contributed by atoms with Crippen molar-refractivity contribution in [3.8, 4) is 0 Å². The quantitative estimate of drug-likeness (QED) is 0.491. The van der Waals surface area contributed by atoms with Crippen LogP contribution in [-0.4, -0.2) is 35.7 Å². The Morgan fingerprint density at radius 2 is 1.67 bits per heavy atom. The van der Waals surface area contributed by atoms with Crippen molar-refractivity contribution in [2.24, 2.45) is 5.73 Å². The third-order valence-corrected chi connectivity index (χ3v) is 7.67. The molecule has 3 heterocycles. The molecule has 3 aromatic rings. The van der Waals surface area contributed by atoms with Gasteiger partial charge in [-0.25, -0.2) is 4.79 Å². The van der Waals surface area contributed by atoms with Crippen LogP contribution >= 0.6 is 11.3 Å². The summed E-state index contributed by atoms with van der Waals surface area (Å²) in [6.45, 7) is 0. The number of thiophene rings is 1. The normalized spacial score (nSPS) is 19.1. The number of amides is 3. The lowest BCUT2D eigenvalue weighted by Crippen LogP contribution is -2.34. The molecule has 2 bridgehead atoms. The van der Waals surface area contributed by atoms with Gasteiger partial charge in [0.2, 0.25) is 0 Å². The van der Waals surface area contributed by atoms with Crippen molar-refractivity contribution >= 4 is 39.7 Å². The van der Waals surface area contributed by atoms with Crippen molar-refractivity contribution in [1.29, 1.82) is 0 Å². The molecule has 1 aromatic heterocycles. The molecule has 1 fully saturated rings. The van der Waals surface area contributed by atoms with Crippen molar-refractivity contribution in [3.63, 3.8) is 0 Å². The summed E-state index contributed by atoms with van der Waals surface area (Å²) in [5.74, 6) is -0.605. The number of nitrogens with two attached hydrogens (primary N) is 1. The predicted octanol–water partition coefficient (Wildman–Crippen LogP) is 4.41. The molecule has 33 heavy (non-hydrogen) atoms. The number of hydrogen-bond acceptors (Lipinski definition) is 5. The maximum atomic E-state index is 12.7. The average molecular weight is 461 g/mol. The third kappa shape index (κ3) is 3.92. The number of hydrogen-bond donors (Lipinski definition) is 3. The van der Waals surface area contributed by atoms with Gasteiger partial charge in [0.05, 0.1) is 5.56 Å². The predicted molar refractivity (Wildman–Crippen MR) is 129 cm³/mol. The second-order valence-corrected chi connectivity index (χ2v) is 9.58. The van der Waals surface area contributed by atoms with Gasteiger partial charge < -0.3 is 11.1 Å². The number of carbonyl (C=O) groups excluding carboxylic acids is 3. The van der Waals surface area contributed by atoms with Gasteiger partial charge in [0, 0.05) is 33.8 Å². The molecule has 168 valence electrons. The van der Waals surface area contributed by atoms with E-state index in [0.717, 1.165) is 29.7 Å². The fourth-order valence-corrected chi connectivity index (χ4v) is 6.20. The van der Waals surface area contributed by atoms with Gasteiger partial charge in [0.1, 0.15) is 5.00 Å². The topological polar surface area (TPSA) is 105 Å². The number of fused-ring (bicyclic) bond motifs is 4. The molecule has 0 aliphatic carbocycles. The number of urea groups is 1.